The van der Waals surface area contributed by atoms with Gasteiger partial charge in [0, 0.05) is 19.0 Å². The lowest BCUT2D eigenvalue weighted by atomic mass is 9.95. The number of rotatable bonds is 15. The Bertz CT molecular complexity index is 1680. The number of methoxy groups -OCH3 is 5. The van der Waals surface area contributed by atoms with Crippen LogP contribution in [0.2, 0.25) is 0 Å². The van der Waals surface area contributed by atoms with Crippen LogP contribution in [-0.2, 0) is 22.4 Å². The van der Waals surface area contributed by atoms with Crippen molar-refractivity contribution in [2.45, 2.75) is 44.7 Å². The molecule has 11 nitrogen and oxygen atoms in total. The van der Waals surface area contributed by atoms with E-state index in [1.807, 2.05) is 36.6 Å². The molecule has 0 spiro atoms. The zero-order chi connectivity index (χ0) is 34.8. The molecule has 0 saturated carbocycles. The Morgan fingerprint density at radius 3 is 2.27 bits per heavy atom. The Morgan fingerprint density at radius 2 is 1.62 bits per heavy atom. The van der Waals surface area contributed by atoms with E-state index in [1.165, 1.54) is 6.92 Å². The lowest BCUT2D eigenvalue weighted by molar-refractivity contribution is -0.122. The largest absolute Gasteiger partial charge is 0.493 e. The van der Waals surface area contributed by atoms with Crippen molar-refractivity contribution in [1.82, 2.24) is 10.6 Å². The van der Waals surface area contributed by atoms with E-state index in [0.29, 0.717) is 77.9 Å². The van der Waals surface area contributed by atoms with Crippen LogP contribution in [0.25, 0.3) is 11.1 Å². The molecule has 48 heavy (non-hydrogen) atoms. The molecule has 2 amide bonds. The lowest BCUT2D eigenvalue weighted by Gasteiger charge is -2.19. The van der Waals surface area contributed by atoms with Crippen molar-refractivity contribution in [2.75, 3.05) is 59.4 Å². The van der Waals surface area contributed by atoms with E-state index in [9.17, 15) is 14.4 Å². The molecule has 1 aliphatic carbocycles. The smallest absolute Gasteiger partial charge is 0.242 e. The number of carbonyl (C=O) groups is 2. The highest BCUT2D eigenvalue weighted by molar-refractivity contribution is 7.98. The van der Waals surface area contributed by atoms with Gasteiger partial charge in [0.1, 0.15) is 6.04 Å². The minimum absolute atomic E-state index is 0.210. The molecule has 0 saturated heterocycles. The molecule has 0 aliphatic heterocycles. The lowest BCUT2D eigenvalue weighted by Crippen LogP contribution is -2.41. The maximum absolute atomic E-state index is 13.9. The summed E-state index contributed by atoms with van der Waals surface area (Å²) in [5, 5.41) is 9.28. The Balaban J connectivity index is 1.69. The van der Waals surface area contributed by atoms with Gasteiger partial charge in [-0.25, -0.2) is 0 Å². The van der Waals surface area contributed by atoms with E-state index in [4.69, 9.17) is 23.7 Å². The van der Waals surface area contributed by atoms with Crippen molar-refractivity contribution < 1.29 is 33.3 Å². The highest BCUT2D eigenvalue weighted by Crippen LogP contribution is 2.50. The van der Waals surface area contributed by atoms with E-state index in [-0.39, 0.29) is 22.9 Å². The number of hydrogen-bond donors (Lipinski definition) is 3. The van der Waals surface area contributed by atoms with Gasteiger partial charge in [0.05, 0.1) is 47.3 Å². The number of benzene rings is 2. The molecule has 4 rings (SSSR count). The molecule has 3 aromatic carbocycles. The second-order valence-corrected chi connectivity index (χ2v) is 12.3. The molecule has 0 heterocycles. The SMILES string of the molecule is COc1ccc(CCNC(=O)[C@H](CCSC)Nc2ccc3c(cc2=O)[C@@H](NC(C)=O)CCc2cc(OC)c(OC)c(OC)c2-3)cc1OC. The summed E-state index contributed by atoms with van der Waals surface area (Å²) in [5.41, 5.74) is 3.99. The fourth-order valence-electron chi connectivity index (χ4n) is 6.01. The van der Waals surface area contributed by atoms with Gasteiger partial charge >= 0.3 is 0 Å². The monoisotopic (exact) mass is 679 g/mol. The first-order chi connectivity index (χ1) is 23.2. The Morgan fingerprint density at radius 1 is 0.896 bits per heavy atom. The van der Waals surface area contributed by atoms with E-state index in [0.717, 1.165) is 16.7 Å². The molecular formula is C36H45N3O8S. The predicted molar refractivity (Wildman–Crippen MR) is 189 cm³/mol. The molecule has 0 fully saturated rings. The first-order valence-electron chi connectivity index (χ1n) is 15.7. The molecule has 0 aromatic heterocycles. The second kappa shape index (κ2) is 17.0. The molecule has 0 unspecified atom stereocenters. The van der Waals surface area contributed by atoms with Crippen molar-refractivity contribution >= 4 is 29.3 Å². The summed E-state index contributed by atoms with van der Waals surface area (Å²) in [6.45, 7) is 1.85. The number of carbonyl (C=O) groups excluding carboxylic acids is 2. The quantitative estimate of drug-likeness (QED) is 0.206. The standard InChI is InChI=1S/C36H45N3O8S/c1-21(40)38-26-11-9-23-19-32(45-4)34(46-5)35(47-6)33(23)24-10-12-27(29(41)20-25(24)26)39-28(15-17-48-7)36(42)37-16-14-22-8-13-30(43-2)31(18-22)44-3/h8,10,12-13,18-20,26,28H,9,11,14-17H2,1-7H3,(H,37,42)(H,38,40)(H,39,41)/t26-,28-/m0/s1. The van der Waals surface area contributed by atoms with Crippen LogP contribution in [-0.4, -0.2) is 72.0 Å². The van der Waals surface area contributed by atoms with Gasteiger partial charge in [0.15, 0.2) is 23.0 Å². The van der Waals surface area contributed by atoms with Crippen LogP contribution in [0.5, 0.6) is 28.7 Å². The number of aryl methyl sites for hydroxylation is 1. The zero-order valence-corrected chi connectivity index (χ0v) is 29.4. The molecule has 0 radical (unpaired) electrons. The third kappa shape index (κ3) is 8.28. The molecule has 3 N–H and O–H groups in total. The minimum atomic E-state index is -0.657. The van der Waals surface area contributed by atoms with Crippen LogP contribution in [0.4, 0.5) is 5.69 Å². The number of anilines is 1. The van der Waals surface area contributed by atoms with Crippen molar-refractivity contribution in [1.29, 1.82) is 0 Å². The number of hydrogen-bond acceptors (Lipinski definition) is 10. The maximum Gasteiger partial charge on any atom is 0.242 e. The second-order valence-electron chi connectivity index (χ2n) is 11.3. The number of nitrogens with one attached hydrogen (secondary N) is 3. The van der Waals surface area contributed by atoms with Gasteiger partial charge in [0.25, 0.3) is 0 Å². The number of amides is 2. The Kier molecular flexibility index (Phi) is 12.8. The van der Waals surface area contributed by atoms with Gasteiger partial charge in [-0.15, -0.1) is 0 Å². The van der Waals surface area contributed by atoms with Gasteiger partial charge < -0.3 is 39.6 Å². The van der Waals surface area contributed by atoms with Crippen LogP contribution in [0.15, 0.2) is 47.3 Å². The predicted octanol–water partition coefficient (Wildman–Crippen LogP) is 4.77. The Labute approximate surface area is 286 Å². The summed E-state index contributed by atoms with van der Waals surface area (Å²) < 4.78 is 27.9. The van der Waals surface area contributed by atoms with Crippen molar-refractivity contribution in [3.8, 4) is 39.9 Å². The normalized spacial score (nSPS) is 13.9. The van der Waals surface area contributed by atoms with Crippen LogP contribution in [0.3, 0.4) is 0 Å². The molecular weight excluding hydrogens is 634 g/mol. The van der Waals surface area contributed by atoms with Gasteiger partial charge in [-0.1, -0.05) is 12.1 Å². The van der Waals surface area contributed by atoms with Crippen molar-refractivity contribution in [3.05, 3.63) is 69.4 Å². The van der Waals surface area contributed by atoms with Gasteiger partial charge in [-0.2, -0.15) is 11.8 Å². The molecule has 3 aromatic rings. The van der Waals surface area contributed by atoms with Crippen LogP contribution < -0.4 is 45.1 Å². The van der Waals surface area contributed by atoms with Crippen LogP contribution >= 0.6 is 11.8 Å². The van der Waals surface area contributed by atoms with E-state index in [2.05, 4.69) is 16.0 Å². The molecule has 1 aliphatic rings. The van der Waals surface area contributed by atoms with E-state index >= 15 is 0 Å². The highest BCUT2D eigenvalue weighted by atomic mass is 32.2. The maximum atomic E-state index is 13.9. The van der Waals surface area contributed by atoms with Gasteiger partial charge in [-0.05, 0) is 90.3 Å². The molecule has 12 heteroatoms. The summed E-state index contributed by atoms with van der Waals surface area (Å²) in [4.78, 5) is 39.6. The highest BCUT2D eigenvalue weighted by Gasteiger charge is 2.30. The summed E-state index contributed by atoms with van der Waals surface area (Å²) in [6.07, 6.45) is 4.20. The first kappa shape index (κ1) is 36.3. The van der Waals surface area contributed by atoms with Crippen molar-refractivity contribution in [3.63, 3.8) is 0 Å². The summed E-state index contributed by atoms with van der Waals surface area (Å²) in [6, 6.07) is 11.5. The number of thioether (sulfide) groups is 1. The van der Waals surface area contributed by atoms with Crippen molar-refractivity contribution in [2.24, 2.45) is 0 Å². The summed E-state index contributed by atoms with van der Waals surface area (Å²) >= 11 is 1.62. The summed E-state index contributed by atoms with van der Waals surface area (Å²) in [7, 11) is 7.83. The topological polar surface area (TPSA) is 133 Å². The Hall–Kier alpha value is -4.58. The van der Waals surface area contributed by atoms with Crippen LogP contribution in [0, 0.1) is 0 Å². The number of ether oxygens (including phenoxy) is 5. The first-order valence-corrected chi connectivity index (χ1v) is 17.1. The minimum Gasteiger partial charge on any atom is -0.493 e. The zero-order valence-electron chi connectivity index (χ0n) is 28.6. The fourth-order valence-corrected chi connectivity index (χ4v) is 6.48. The van der Waals surface area contributed by atoms with Gasteiger partial charge in [0.2, 0.25) is 23.0 Å². The van der Waals surface area contributed by atoms with Crippen LogP contribution in [0.1, 0.15) is 42.5 Å². The number of fused-ring (bicyclic) bond motifs is 3. The third-order valence-electron chi connectivity index (χ3n) is 8.33. The molecule has 2 atom stereocenters. The molecule has 0 bridgehead atoms. The fraction of sp³-hybridized carbons (Fsp3) is 0.417. The third-order valence-corrected chi connectivity index (χ3v) is 8.98. The molecule has 258 valence electrons. The van der Waals surface area contributed by atoms with E-state index in [1.54, 1.807) is 59.4 Å². The van der Waals surface area contributed by atoms with E-state index < -0.39 is 12.1 Å². The average Bonchev–Trinajstić information content (AvgIpc) is 3.33. The summed E-state index contributed by atoms with van der Waals surface area (Å²) in [5.74, 6) is 2.97. The van der Waals surface area contributed by atoms with Gasteiger partial charge in [-0.3, -0.25) is 14.4 Å². The average molecular weight is 680 g/mol.